The van der Waals surface area contributed by atoms with E-state index in [-0.39, 0.29) is 31.7 Å². The summed E-state index contributed by atoms with van der Waals surface area (Å²) in [5.74, 6) is -2.14. The maximum absolute atomic E-state index is 11.0. The number of ether oxygens (including phenoxy) is 1. The lowest BCUT2D eigenvalue weighted by atomic mass is 10.1. The molecule has 0 aliphatic rings. The molecule has 3 N–H and O–H groups in total. The molecule has 0 radical (unpaired) electrons. The number of carbonyl (C=O) groups excluding carboxylic acids is 1. The lowest BCUT2D eigenvalue weighted by Gasteiger charge is -2.13. The Morgan fingerprint density at radius 1 is 1.29 bits per heavy atom. The molecule has 1 amide bonds. The molecule has 1 atom stereocenters. The van der Waals surface area contributed by atoms with Crippen molar-refractivity contribution >= 4 is 29.6 Å². The highest BCUT2D eigenvalue weighted by Gasteiger charge is 2.20. The van der Waals surface area contributed by atoms with E-state index >= 15 is 0 Å². The van der Waals surface area contributed by atoms with E-state index in [2.05, 4.69) is 10.1 Å². The molecule has 0 heterocycles. The fraction of sp³-hybridized carbons (Fsp3) is 0.667. The van der Waals surface area contributed by atoms with Crippen molar-refractivity contribution in [3.8, 4) is 0 Å². The van der Waals surface area contributed by atoms with Crippen molar-refractivity contribution in [3.05, 3.63) is 0 Å². The average Bonchev–Trinajstić information content (AvgIpc) is 2.24. The molecule has 0 aliphatic heterocycles. The Bertz CT molecular complexity index is 283. The Balaban J connectivity index is 4.02. The zero-order valence-corrected chi connectivity index (χ0v) is 9.77. The van der Waals surface area contributed by atoms with Crippen LogP contribution in [0.15, 0.2) is 0 Å². The molecule has 98 valence electrons. The number of nitrogens with one attached hydrogen (secondary N) is 1. The minimum absolute atomic E-state index is 0.0190. The van der Waals surface area contributed by atoms with E-state index in [1.54, 1.807) is 0 Å². The van der Waals surface area contributed by atoms with Crippen LogP contribution >= 0.6 is 11.6 Å². The Hall–Kier alpha value is -1.50. The monoisotopic (exact) mass is 267 g/mol. The molecule has 0 bridgehead atoms. The fourth-order valence-electron chi connectivity index (χ4n) is 1.03. The third-order valence-corrected chi connectivity index (χ3v) is 1.94. The van der Waals surface area contributed by atoms with Gasteiger partial charge in [-0.25, -0.2) is 9.59 Å². The van der Waals surface area contributed by atoms with Crippen LogP contribution in [0.25, 0.3) is 0 Å². The van der Waals surface area contributed by atoms with E-state index in [1.165, 1.54) is 0 Å². The van der Waals surface area contributed by atoms with Crippen LogP contribution in [-0.4, -0.2) is 46.8 Å². The minimum Gasteiger partial charge on any atom is -0.481 e. The predicted octanol–water partition coefficient (Wildman–Crippen LogP) is 0.660. The normalized spacial score (nSPS) is 11.6. The molecule has 0 saturated carbocycles. The zero-order valence-electron chi connectivity index (χ0n) is 9.02. The van der Waals surface area contributed by atoms with Gasteiger partial charge in [0, 0.05) is 6.42 Å². The van der Waals surface area contributed by atoms with Crippen LogP contribution in [-0.2, 0) is 14.3 Å². The van der Waals surface area contributed by atoms with Crippen LogP contribution < -0.4 is 5.32 Å². The summed E-state index contributed by atoms with van der Waals surface area (Å²) in [5, 5.41) is 19.3. The number of hydrogen-bond acceptors (Lipinski definition) is 4. The summed E-state index contributed by atoms with van der Waals surface area (Å²) in [5.41, 5.74) is 0. The van der Waals surface area contributed by atoms with Gasteiger partial charge in [-0.1, -0.05) is 0 Å². The maximum Gasteiger partial charge on any atom is 0.407 e. The second kappa shape index (κ2) is 8.63. The molecule has 0 fully saturated rings. The van der Waals surface area contributed by atoms with Gasteiger partial charge in [0.15, 0.2) is 0 Å². The van der Waals surface area contributed by atoms with Crippen LogP contribution in [0.1, 0.15) is 19.3 Å². The van der Waals surface area contributed by atoms with Gasteiger partial charge in [-0.15, -0.1) is 11.6 Å². The zero-order chi connectivity index (χ0) is 13.3. The van der Waals surface area contributed by atoms with Crippen LogP contribution in [0, 0.1) is 0 Å². The number of aliphatic carboxylic acids is 2. The van der Waals surface area contributed by atoms with Crippen molar-refractivity contribution in [2.24, 2.45) is 0 Å². The average molecular weight is 268 g/mol. The Kier molecular flexibility index (Phi) is 7.87. The number of rotatable bonds is 8. The largest absolute Gasteiger partial charge is 0.481 e. The molecular weight excluding hydrogens is 254 g/mol. The van der Waals surface area contributed by atoms with Crippen molar-refractivity contribution in [1.29, 1.82) is 0 Å². The lowest BCUT2D eigenvalue weighted by molar-refractivity contribution is -0.141. The Morgan fingerprint density at radius 2 is 1.94 bits per heavy atom. The van der Waals surface area contributed by atoms with Crippen molar-refractivity contribution in [1.82, 2.24) is 5.32 Å². The quantitative estimate of drug-likeness (QED) is 0.557. The first-order chi connectivity index (χ1) is 7.97. The SMILES string of the molecule is O=C(O)CCCC(NC(=O)OCCCl)C(=O)O. The summed E-state index contributed by atoms with van der Waals surface area (Å²) in [6.07, 6.45) is -0.851. The first kappa shape index (κ1) is 15.5. The van der Waals surface area contributed by atoms with Crippen molar-refractivity contribution in [2.45, 2.75) is 25.3 Å². The molecule has 0 saturated heterocycles. The van der Waals surface area contributed by atoms with Gasteiger partial charge < -0.3 is 20.3 Å². The van der Waals surface area contributed by atoms with Gasteiger partial charge in [0.2, 0.25) is 0 Å². The van der Waals surface area contributed by atoms with Crippen LogP contribution in [0.4, 0.5) is 4.79 Å². The summed E-state index contributed by atoms with van der Waals surface area (Å²) in [6.45, 7) is -0.0190. The second-order valence-corrected chi connectivity index (χ2v) is 3.52. The molecule has 8 heteroatoms. The topological polar surface area (TPSA) is 113 Å². The summed E-state index contributed by atoms with van der Waals surface area (Å²) < 4.78 is 4.54. The van der Waals surface area contributed by atoms with Gasteiger partial charge >= 0.3 is 18.0 Å². The first-order valence-corrected chi connectivity index (χ1v) is 5.44. The van der Waals surface area contributed by atoms with Crippen molar-refractivity contribution in [3.63, 3.8) is 0 Å². The molecular formula is C9H14ClNO6. The molecule has 17 heavy (non-hydrogen) atoms. The van der Waals surface area contributed by atoms with E-state index < -0.39 is 24.1 Å². The van der Waals surface area contributed by atoms with Crippen LogP contribution in [0.5, 0.6) is 0 Å². The van der Waals surface area contributed by atoms with Gasteiger partial charge in [0.05, 0.1) is 5.88 Å². The van der Waals surface area contributed by atoms with E-state index in [9.17, 15) is 14.4 Å². The van der Waals surface area contributed by atoms with Gasteiger partial charge in [-0.2, -0.15) is 0 Å². The van der Waals surface area contributed by atoms with Gasteiger partial charge in [0.1, 0.15) is 12.6 Å². The van der Waals surface area contributed by atoms with Gasteiger partial charge in [-0.05, 0) is 12.8 Å². The first-order valence-electron chi connectivity index (χ1n) is 4.91. The molecule has 0 aliphatic carbocycles. The maximum atomic E-state index is 11.0. The molecule has 0 rings (SSSR count). The third kappa shape index (κ3) is 8.32. The van der Waals surface area contributed by atoms with E-state index in [0.717, 1.165) is 0 Å². The van der Waals surface area contributed by atoms with E-state index in [1.807, 2.05) is 0 Å². The van der Waals surface area contributed by atoms with Gasteiger partial charge in [0.25, 0.3) is 0 Å². The van der Waals surface area contributed by atoms with Crippen LogP contribution in [0.3, 0.4) is 0 Å². The molecule has 0 aromatic heterocycles. The van der Waals surface area contributed by atoms with E-state index in [0.29, 0.717) is 0 Å². The van der Waals surface area contributed by atoms with Crippen molar-refractivity contribution < 1.29 is 29.3 Å². The van der Waals surface area contributed by atoms with Crippen LogP contribution in [0.2, 0.25) is 0 Å². The molecule has 1 unspecified atom stereocenters. The lowest BCUT2D eigenvalue weighted by Crippen LogP contribution is -2.41. The number of alkyl carbamates (subject to hydrolysis) is 1. The highest BCUT2D eigenvalue weighted by molar-refractivity contribution is 6.18. The highest BCUT2D eigenvalue weighted by Crippen LogP contribution is 2.02. The smallest absolute Gasteiger partial charge is 0.407 e. The number of halogens is 1. The number of carbonyl (C=O) groups is 3. The van der Waals surface area contributed by atoms with Gasteiger partial charge in [-0.3, -0.25) is 4.79 Å². The number of hydrogen-bond donors (Lipinski definition) is 3. The van der Waals surface area contributed by atoms with Crippen molar-refractivity contribution in [2.75, 3.05) is 12.5 Å². The number of carboxylic acids is 2. The second-order valence-electron chi connectivity index (χ2n) is 3.15. The highest BCUT2D eigenvalue weighted by atomic mass is 35.5. The van der Waals surface area contributed by atoms with E-state index in [4.69, 9.17) is 21.8 Å². The number of amides is 1. The standard InChI is InChI=1S/C9H14ClNO6/c10-4-5-17-9(16)11-6(8(14)15)2-1-3-7(12)13/h6H,1-5H2,(H,11,16)(H,12,13)(H,14,15). The predicted molar refractivity (Wildman–Crippen MR) is 58.1 cm³/mol. The molecule has 0 aromatic rings. The molecule has 7 nitrogen and oxygen atoms in total. The Labute approximate surface area is 103 Å². The summed E-state index contributed by atoms with van der Waals surface area (Å²) in [6, 6.07) is -1.16. The Morgan fingerprint density at radius 3 is 2.41 bits per heavy atom. The summed E-state index contributed by atoms with van der Waals surface area (Å²) in [7, 11) is 0. The molecule has 0 spiro atoms. The minimum atomic E-state index is -1.24. The summed E-state index contributed by atoms with van der Waals surface area (Å²) >= 11 is 5.28. The number of alkyl halides is 1. The third-order valence-electron chi connectivity index (χ3n) is 1.78. The molecule has 0 aromatic carbocycles. The summed E-state index contributed by atoms with van der Waals surface area (Å²) in [4.78, 5) is 32.0. The fourth-order valence-corrected chi connectivity index (χ4v) is 1.11. The number of carboxylic acid groups (broad SMARTS) is 2.